The second kappa shape index (κ2) is 5.61. The molecule has 14 heavy (non-hydrogen) atoms. The van der Waals surface area contributed by atoms with Crippen molar-refractivity contribution in [2.24, 2.45) is 5.92 Å². The molecule has 1 aliphatic rings. The Morgan fingerprint density at radius 1 is 1.71 bits per heavy atom. The lowest BCUT2D eigenvalue weighted by Gasteiger charge is -2.12. The van der Waals surface area contributed by atoms with Crippen molar-refractivity contribution in [1.29, 1.82) is 0 Å². The van der Waals surface area contributed by atoms with Crippen LogP contribution in [0.25, 0.3) is 4.85 Å². The lowest BCUT2D eigenvalue weighted by atomic mass is 10.1. The van der Waals surface area contributed by atoms with Gasteiger partial charge in [-0.2, -0.15) is 0 Å². The minimum absolute atomic E-state index is 0.0375. The van der Waals surface area contributed by atoms with Gasteiger partial charge in [-0.25, -0.2) is 6.57 Å². The number of nitrogens with one attached hydrogen (secondary N) is 1. The van der Waals surface area contributed by atoms with E-state index in [0.717, 1.165) is 32.6 Å². The maximum Gasteiger partial charge on any atom is 0.300 e. The first kappa shape index (κ1) is 11.0. The number of nitrogens with zero attached hydrogens (tertiary/aromatic N) is 2. The predicted molar refractivity (Wildman–Crippen MR) is 54.7 cm³/mol. The van der Waals surface area contributed by atoms with Crippen molar-refractivity contribution in [3.63, 3.8) is 0 Å². The van der Waals surface area contributed by atoms with Crippen LogP contribution in [0.4, 0.5) is 0 Å². The van der Waals surface area contributed by atoms with Crippen LogP contribution < -0.4 is 5.32 Å². The van der Waals surface area contributed by atoms with E-state index >= 15 is 0 Å². The summed E-state index contributed by atoms with van der Waals surface area (Å²) < 4.78 is 0. The van der Waals surface area contributed by atoms with Gasteiger partial charge in [-0.1, -0.05) is 6.92 Å². The normalized spacial score (nSPS) is 21.9. The zero-order valence-electron chi connectivity index (χ0n) is 8.62. The number of carbonyl (C=O) groups is 1. The smallest absolute Gasteiger partial charge is 0.300 e. The number of amides is 1. The molecule has 1 fully saturated rings. The zero-order valence-corrected chi connectivity index (χ0v) is 8.62. The Morgan fingerprint density at radius 3 is 3.07 bits per heavy atom. The van der Waals surface area contributed by atoms with Gasteiger partial charge in [0.2, 0.25) is 0 Å². The van der Waals surface area contributed by atoms with Gasteiger partial charge in [-0.3, -0.25) is 4.79 Å². The van der Waals surface area contributed by atoms with Crippen molar-refractivity contribution in [2.45, 2.75) is 13.3 Å². The van der Waals surface area contributed by atoms with Crippen molar-refractivity contribution < 1.29 is 4.79 Å². The molecular weight excluding hydrogens is 178 g/mol. The van der Waals surface area contributed by atoms with E-state index in [1.54, 1.807) is 0 Å². The third-order valence-electron chi connectivity index (χ3n) is 2.63. The fourth-order valence-corrected chi connectivity index (χ4v) is 1.75. The minimum Gasteiger partial charge on any atom is -0.349 e. The van der Waals surface area contributed by atoms with Crippen LogP contribution in [0.5, 0.6) is 0 Å². The third kappa shape index (κ3) is 3.35. The topological polar surface area (TPSA) is 36.7 Å². The van der Waals surface area contributed by atoms with Gasteiger partial charge in [0.1, 0.15) is 0 Å². The van der Waals surface area contributed by atoms with E-state index in [1.807, 2.05) is 0 Å². The summed E-state index contributed by atoms with van der Waals surface area (Å²) in [6.07, 6.45) is 1.16. The Labute approximate surface area is 85.1 Å². The quantitative estimate of drug-likeness (QED) is 0.658. The second-order valence-corrected chi connectivity index (χ2v) is 3.67. The molecule has 0 aromatic heterocycles. The highest BCUT2D eigenvalue weighted by atomic mass is 16.1. The summed E-state index contributed by atoms with van der Waals surface area (Å²) in [5.41, 5.74) is 0. The summed E-state index contributed by atoms with van der Waals surface area (Å²) in [5, 5.41) is 2.79. The lowest BCUT2D eigenvalue weighted by Crippen LogP contribution is -2.32. The molecule has 0 spiro atoms. The van der Waals surface area contributed by atoms with Gasteiger partial charge in [0, 0.05) is 13.1 Å². The van der Waals surface area contributed by atoms with Crippen LogP contribution >= 0.6 is 0 Å². The SMILES string of the molecule is [C-]#[N+]CC(=O)NCC1CCN(CC)C1. The highest BCUT2D eigenvalue weighted by molar-refractivity contribution is 5.79. The molecule has 0 radical (unpaired) electrons. The van der Waals surface area contributed by atoms with Crippen LogP contribution in [0.15, 0.2) is 0 Å². The average Bonchev–Trinajstić information content (AvgIpc) is 2.63. The third-order valence-corrected chi connectivity index (χ3v) is 2.63. The Bertz CT molecular complexity index is 234. The van der Waals surface area contributed by atoms with Gasteiger partial charge in [-0.05, 0) is 25.4 Å². The standard InChI is InChI=1S/C10H17N3O/c1-3-13-5-4-9(8-13)6-12-10(14)7-11-2/h9H,3-8H2,1H3,(H,12,14). The Balaban J connectivity index is 2.14. The molecule has 1 atom stereocenters. The maximum atomic E-state index is 11.0. The van der Waals surface area contributed by atoms with Gasteiger partial charge in [-0.15, -0.1) is 0 Å². The van der Waals surface area contributed by atoms with Crippen LogP contribution in [0.1, 0.15) is 13.3 Å². The van der Waals surface area contributed by atoms with Crippen molar-refractivity contribution in [1.82, 2.24) is 10.2 Å². The van der Waals surface area contributed by atoms with Gasteiger partial charge >= 0.3 is 0 Å². The summed E-state index contributed by atoms with van der Waals surface area (Å²) in [7, 11) is 0. The molecule has 4 heteroatoms. The van der Waals surface area contributed by atoms with E-state index in [0.29, 0.717) is 5.92 Å². The average molecular weight is 195 g/mol. The monoisotopic (exact) mass is 195 g/mol. The van der Waals surface area contributed by atoms with E-state index < -0.39 is 0 Å². The largest absolute Gasteiger partial charge is 0.349 e. The lowest BCUT2D eigenvalue weighted by molar-refractivity contribution is -0.119. The first-order valence-corrected chi connectivity index (χ1v) is 5.08. The first-order chi connectivity index (χ1) is 6.76. The molecule has 0 aromatic carbocycles. The zero-order chi connectivity index (χ0) is 10.4. The molecule has 1 heterocycles. The highest BCUT2D eigenvalue weighted by Crippen LogP contribution is 2.14. The van der Waals surface area contributed by atoms with Gasteiger partial charge in [0.15, 0.2) is 0 Å². The Kier molecular flexibility index (Phi) is 4.41. The fourth-order valence-electron chi connectivity index (χ4n) is 1.75. The van der Waals surface area contributed by atoms with E-state index in [-0.39, 0.29) is 12.5 Å². The number of carbonyl (C=O) groups excluding carboxylic acids is 1. The van der Waals surface area contributed by atoms with E-state index in [1.165, 1.54) is 0 Å². The minimum atomic E-state index is -0.144. The number of hydrogen-bond donors (Lipinski definition) is 1. The Morgan fingerprint density at radius 2 is 2.50 bits per heavy atom. The number of likely N-dealkylation sites (tertiary alicyclic amines) is 1. The fraction of sp³-hybridized carbons (Fsp3) is 0.800. The molecular formula is C10H17N3O. The summed E-state index contributed by atoms with van der Waals surface area (Å²) in [4.78, 5) is 16.4. The first-order valence-electron chi connectivity index (χ1n) is 5.08. The molecule has 4 nitrogen and oxygen atoms in total. The molecule has 1 saturated heterocycles. The van der Waals surface area contributed by atoms with Crippen LogP contribution in [0, 0.1) is 12.5 Å². The summed E-state index contributed by atoms with van der Waals surface area (Å²) in [6, 6.07) is 0. The predicted octanol–water partition coefficient (Wildman–Crippen LogP) is 0.364. The van der Waals surface area contributed by atoms with Crippen molar-refractivity contribution >= 4 is 5.91 Å². The van der Waals surface area contributed by atoms with Crippen molar-refractivity contribution in [3.05, 3.63) is 11.4 Å². The molecule has 1 amide bonds. The summed E-state index contributed by atoms with van der Waals surface area (Å²) in [6.45, 7) is 12.7. The van der Waals surface area contributed by atoms with Gasteiger partial charge in [0.25, 0.3) is 12.5 Å². The summed E-state index contributed by atoms with van der Waals surface area (Å²) >= 11 is 0. The molecule has 0 aliphatic carbocycles. The molecule has 0 saturated carbocycles. The highest BCUT2D eigenvalue weighted by Gasteiger charge is 2.21. The van der Waals surface area contributed by atoms with Crippen molar-refractivity contribution in [2.75, 3.05) is 32.7 Å². The van der Waals surface area contributed by atoms with Crippen LogP contribution in [0.2, 0.25) is 0 Å². The summed E-state index contributed by atoms with van der Waals surface area (Å²) in [5.74, 6) is 0.430. The van der Waals surface area contributed by atoms with E-state index in [9.17, 15) is 4.79 Å². The van der Waals surface area contributed by atoms with Crippen molar-refractivity contribution in [3.8, 4) is 0 Å². The van der Waals surface area contributed by atoms with Crippen LogP contribution in [0.3, 0.4) is 0 Å². The van der Waals surface area contributed by atoms with Gasteiger partial charge < -0.3 is 15.1 Å². The second-order valence-electron chi connectivity index (χ2n) is 3.67. The van der Waals surface area contributed by atoms with Gasteiger partial charge in [0.05, 0.1) is 0 Å². The number of hydrogen-bond acceptors (Lipinski definition) is 2. The molecule has 1 N–H and O–H groups in total. The number of rotatable bonds is 4. The molecule has 0 bridgehead atoms. The molecule has 1 unspecified atom stereocenters. The van der Waals surface area contributed by atoms with Crippen LogP contribution in [-0.4, -0.2) is 43.5 Å². The van der Waals surface area contributed by atoms with E-state index in [2.05, 4.69) is 22.0 Å². The van der Waals surface area contributed by atoms with E-state index in [4.69, 9.17) is 6.57 Å². The molecule has 0 aromatic rings. The Hall–Kier alpha value is -1.08. The molecule has 1 rings (SSSR count). The maximum absolute atomic E-state index is 11.0. The molecule has 1 aliphatic heterocycles. The molecule has 78 valence electrons. The van der Waals surface area contributed by atoms with Crippen LogP contribution in [-0.2, 0) is 4.79 Å².